The molecule has 0 saturated heterocycles. The quantitative estimate of drug-likeness (QED) is 0.189. The molecule has 11 heteroatoms. The smallest absolute Gasteiger partial charge is 0.271 e. The van der Waals surface area contributed by atoms with Gasteiger partial charge < -0.3 is 10.4 Å². The van der Waals surface area contributed by atoms with E-state index in [1.54, 1.807) is 31.2 Å². The lowest BCUT2D eigenvalue weighted by Gasteiger charge is -2.11. The Bertz CT molecular complexity index is 1530. The summed E-state index contributed by atoms with van der Waals surface area (Å²) in [7, 11) is 0. The van der Waals surface area contributed by atoms with Crippen molar-refractivity contribution in [3.8, 4) is 5.75 Å². The van der Waals surface area contributed by atoms with Gasteiger partial charge in [0.1, 0.15) is 5.69 Å². The summed E-state index contributed by atoms with van der Waals surface area (Å²) < 4.78 is 0. The highest BCUT2D eigenvalue weighted by atomic mass is 16.6. The van der Waals surface area contributed by atoms with Crippen molar-refractivity contribution in [2.45, 2.75) is 6.92 Å². The summed E-state index contributed by atoms with van der Waals surface area (Å²) in [5.74, 6) is -1.17. The molecule has 0 spiro atoms. The summed E-state index contributed by atoms with van der Waals surface area (Å²) in [4.78, 5) is 34.0. The van der Waals surface area contributed by atoms with Crippen LogP contribution in [-0.2, 0) is 0 Å². The van der Waals surface area contributed by atoms with Gasteiger partial charge in [-0.05, 0) is 30.0 Å². The number of non-ortho nitro benzene ring substituents is 2. The first-order valence-electron chi connectivity index (χ1n) is 10.2. The first kappa shape index (κ1) is 23.0. The average Bonchev–Trinajstić information content (AvgIpc) is 2.84. The fourth-order valence-electron chi connectivity index (χ4n) is 3.41. The van der Waals surface area contributed by atoms with Crippen LogP contribution in [0.3, 0.4) is 0 Å². The number of amides is 1. The molecule has 0 aliphatic heterocycles. The molecular weight excluding hydrogens is 454 g/mol. The molecular formula is C24H17N5O6. The molecule has 0 atom stereocenters. The molecule has 1 amide bonds. The van der Waals surface area contributed by atoms with Crippen LogP contribution < -0.4 is 5.32 Å². The molecule has 4 rings (SSSR count). The largest absolute Gasteiger partial charge is 0.505 e. The number of aromatic hydroxyl groups is 1. The van der Waals surface area contributed by atoms with Crippen molar-refractivity contribution >= 4 is 45.1 Å². The van der Waals surface area contributed by atoms with Crippen LogP contribution in [-0.4, -0.2) is 20.9 Å². The normalized spacial score (nSPS) is 11.0. The number of anilines is 1. The molecule has 35 heavy (non-hydrogen) atoms. The number of nitrogens with one attached hydrogen (secondary N) is 1. The van der Waals surface area contributed by atoms with Crippen molar-refractivity contribution in [1.29, 1.82) is 0 Å². The highest BCUT2D eigenvalue weighted by Crippen LogP contribution is 2.40. The lowest BCUT2D eigenvalue weighted by molar-refractivity contribution is -0.385. The van der Waals surface area contributed by atoms with Crippen LogP contribution in [0, 0.1) is 27.2 Å². The van der Waals surface area contributed by atoms with E-state index in [-0.39, 0.29) is 34.0 Å². The summed E-state index contributed by atoms with van der Waals surface area (Å²) in [6.45, 7) is 1.71. The number of nitro groups is 2. The van der Waals surface area contributed by atoms with E-state index in [2.05, 4.69) is 15.5 Å². The lowest BCUT2D eigenvalue weighted by atomic mass is 10.0. The zero-order valence-corrected chi connectivity index (χ0v) is 18.2. The molecule has 11 nitrogen and oxygen atoms in total. The van der Waals surface area contributed by atoms with Gasteiger partial charge >= 0.3 is 0 Å². The van der Waals surface area contributed by atoms with Crippen LogP contribution in [0.25, 0.3) is 10.8 Å². The van der Waals surface area contributed by atoms with Crippen molar-refractivity contribution in [2.75, 3.05) is 5.32 Å². The zero-order valence-electron chi connectivity index (χ0n) is 18.2. The Labute approximate surface area is 197 Å². The second-order valence-electron chi connectivity index (χ2n) is 7.53. The van der Waals surface area contributed by atoms with E-state index in [0.29, 0.717) is 16.3 Å². The number of benzene rings is 4. The summed E-state index contributed by atoms with van der Waals surface area (Å²) in [5.41, 5.74) is 0.540. The predicted octanol–water partition coefficient (Wildman–Crippen LogP) is 6.34. The van der Waals surface area contributed by atoms with Crippen molar-refractivity contribution in [3.05, 3.63) is 104 Å². The minimum absolute atomic E-state index is 0.00167. The first-order valence-corrected chi connectivity index (χ1v) is 10.2. The Morgan fingerprint density at radius 1 is 0.886 bits per heavy atom. The Morgan fingerprint density at radius 3 is 2.34 bits per heavy atom. The van der Waals surface area contributed by atoms with Crippen molar-refractivity contribution in [1.82, 2.24) is 0 Å². The molecule has 0 heterocycles. The molecule has 0 bridgehead atoms. The van der Waals surface area contributed by atoms with Gasteiger partial charge in [-0.15, -0.1) is 10.2 Å². The third kappa shape index (κ3) is 4.78. The number of phenols is 1. The van der Waals surface area contributed by atoms with Gasteiger partial charge in [0, 0.05) is 35.3 Å². The fraction of sp³-hybridized carbons (Fsp3) is 0.0417. The van der Waals surface area contributed by atoms with E-state index in [0.717, 1.165) is 0 Å². The Hall–Kier alpha value is -5.19. The number of aryl methyl sites for hydroxylation is 1. The molecule has 0 aliphatic carbocycles. The number of azo groups is 1. The molecule has 0 saturated carbocycles. The topological polar surface area (TPSA) is 160 Å². The molecule has 0 aromatic heterocycles. The van der Waals surface area contributed by atoms with Crippen LogP contribution in [0.15, 0.2) is 83.0 Å². The Balaban J connectivity index is 1.77. The van der Waals surface area contributed by atoms with Gasteiger partial charge in [0.25, 0.3) is 17.3 Å². The monoisotopic (exact) mass is 471 g/mol. The molecule has 0 unspecified atom stereocenters. The number of nitrogens with zero attached hydrogens (tertiary/aromatic N) is 4. The van der Waals surface area contributed by atoms with E-state index in [9.17, 15) is 30.1 Å². The standard InChI is InChI=1S/C24H17N5O6/c1-14-9-10-18(29(34)35)13-21(14)26-27-22-19-8-3-2-5-15(19)11-20(23(22)30)24(31)25-16-6-4-7-17(12-16)28(32)33/h2-13,30H,1H3,(H,25,31)/b27-26+. The minimum Gasteiger partial charge on any atom is -0.505 e. The molecule has 0 fully saturated rings. The van der Waals surface area contributed by atoms with Crippen LogP contribution in [0.2, 0.25) is 0 Å². The summed E-state index contributed by atoms with van der Waals surface area (Å²) in [6.07, 6.45) is 0. The number of phenolic OH excluding ortho intramolecular Hbond substituents is 1. The predicted molar refractivity (Wildman–Crippen MR) is 129 cm³/mol. The summed E-state index contributed by atoms with van der Waals surface area (Å²) in [6, 6.07) is 17.9. The first-order chi connectivity index (χ1) is 16.7. The van der Waals surface area contributed by atoms with Gasteiger partial charge in [-0.25, -0.2) is 0 Å². The maximum atomic E-state index is 13.0. The number of nitro benzene ring substituents is 2. The number of carbonyl (C=O) groups excluding carboxylic acids is 1. The van der Waals surface area contributed by atoms with Crippen LogP contribution in [0.1, 0.15) is 15.9 Å². The molecule has 4 aromatic rings. The van der Waals surface area contributed by atoms with Crippen molar-refractivity contribution < 1.29 is 19.7 Å². The number of hydrogen-bond acceptors (Lipinski definition) is 8. The number of hydrogen-bond donors (Lipinski definition) is 2. The Morgan fingerprint density at radius 2 is 1.60 bits per heavy atom. The van der Waals surface area contributed by atoms with Gasteiger partial charge in [0.05, 0.1) is 21.1 Å². The minimum atomic E-state index is -0.711. The van der Waals surface area contributed by atoms with Gasteiger partial charge in [0.2, 0.25) is 0 Å². The second kappa shape index (κ2) is 9.35. The van der Waals surface area contributed by atoms with Crippen LogP contribution >= 0.6 is 0 Å². The fourth-order valence-corrected chi connectivity index (χ4v) is 3.41. The van der Waals surface area contributed by atoms with E-state index in [1.807, 2.05) is 0 Å². The van der Waals surface area contributed by atoms with Gasteiger partial charge in [0.15, 0.2) is 5.75 Å². The van der Waals surface area contributed by atoms with Crippen molar-refractivity contribution in [3.63, 3.8) is 0 Å². The van der Waals surface area contributed by atoms with Crippen LogP contribution in [0.4, 0.5) is 28.4 Å². The molecule has 4 aromatic carbocycles. The van der Waals surface area contributed by atoms with Crippen molar-refractivity contribution in [2.24, 2.45) is 10.2 Å². The summed E-state index contributed by atoms with van der Waals surface area (Å²) in [5, 5.41) is 44.9. The van der Waals surface area contributed by atoms with Gasteiger partial charge in [-0.3, -0.25) is 25.0 Å². The summed E-state index contributed by atoms with van der Waals surface area (Å²) >= 11 is 0. The zero-order chi connectivity index (χ0) is 25.1. The molecule has 174 valence electrons. The maximum absolute atomic E-state index is 13.0. The average molecular weight is 471 g/mol. The third-order valence-corrected chi connectivity index (χ3v) is 5.22. The van der Waals surface area contributed by atoms with E-state index >= 15 is 0 Å². The van der Waals surface area contributed by atoms with Gasteiger partial charge in [-0.2, -0.15) is 0 Å². The number of carbonyl (C=O) groups is 1. The highest BCUT2D eigenvalue weighted by molar-refractivity contribution is 6.11. The van der Waals surface area contributed by atoms with Gasteiger partial charge in [-0.1, -0.05) is 36.4 Å². The molecule has 2 N–H and O–H groups in total. The Kier molecular flexibility index (Phi) is 6.14. The third-order valence-electron chi connectivity index (χ3n) is 5.22. The van der Waals surface area contributed by atoms with E-state index in [4.69, 9.17) is 0 Å². The SMILES string of the molecule is Cc1ccc([N+](=O)[O-])cc1/N=N/c1c(O)c(C(=O)Nc2cccc([N+](=O)[O-])c2)cc2ccccc12. The maximum Gasteiger partial charge on any atom is 0.271 e. The molecule has 0 aliphatic rings. The number of rotatable bonds is 6. The highest BCUT2D eigenvalue weighted by Gasteiger charge is 2.19. The second-order valence-corrected chi connectivity index (χ2v) is 7.53. The van der Waals surface area contributed by atoms with E-state index < -0.39 is 21.5 Å². The molecule has 0 radical (unpaired) electrons. The lowest BCUT2D eigenvalue weighted by Crippen LogP contribution is -2.12. The van der Waals surface area contributed by atoms with E-state index in [1.165, 1.54) is 48.5 Å². The van der Waals surface area contributed by atoms with Crippen LogP contribution in [0.5, 0.6) is 5.75 Å². The number of fused-ring (bicyclic) bond motifs is 1.